The molecule has 0 saturated carbocycles. The van der Waals surface area contributed by atoms with Gasteiger partial charge in [0.25, 0.3) is 0 Å². The van der Waals surface area contributed by atoms with Crippen molar-refractivity contribution in [1.82, 2.24) is 0 Å². The molecule has 0 aromatic heterocycles. The van der Waals surface area contributed by atoms with Crippen LogP contribution < -0.4 is 0 Å². The Morgan fingerprint density at radius 1 is 1.29 bits per heavy atom. The van der Waals surface area contributed by atoms with Crippen LogP contribution in [-0.4, -0.2) is 5.78 Å². The molecule has 1 aliphatic rings. The van der Waals surface area contributed by atoms with E-state index in [1.807, 2.05) is 12.1 Å². The normalized spacial score (nSPS) is 15.2. The number of hydrogen-bond donors (Lipinski definition) is 0. The summed E-state index contributed by atoms with van der Waals surface area (Å²) in [5.41, 5.74) is 5.60. The molecule has 2 heteroatoms. The Labute approximate surface area is 107 Å². The van der Waals surface area contributed by atoms with Gasteiger partial charge in [0.05, 0.1) is 0 Å². The lowest BCUT2D eigenvalue weighted by Gasteiger charge is -2.09. The van der Waals surface area contributed by atoms with Crippen LogP contribution in [0.15, 0.2) is 35.4 Å². The molecule has 0 aliphatic heterocycles. The first kappa shape index (κ1) is 12.1. The number of Topliss-reactive ketones (excluding diaryl/α,β-unsaturated/α-hetero) is 1. The molecule has 1 nitrogen and oxygen atoms in total. The van der Waals surface area contributed by atoms with E-state index in [0.29, 0.717) is 10.6 Å². The van der Waals surface area contributed by atoms with Crippen molar-refractivity contribution in [2.45, 2.75) is 27.2 Å². The highest BCUT2D eigenvalue weighted by Gasteiger charge is 2.16. The van der Waals surface area contributed by atoms with Crippen molar-refractivity contribution in [3.8, 4) is 0 Å². The number of carbonyl (C=O) groups excluding carboxylic acids is 1. The molecule has 0 fully saturated rings. The molecule has 0 N–H and O–H groups in total. The molecule has 2 rings (SSSR count). The highest BCUT2D eigenvalue weighted by Crippen LogP contribution is 2.34. The Balaban J connectivity index is 2.48. The van der Waals surface area contributed by atoms with Gasteiger partial charge in [-0.3, -0.25) is 4.79 Å². The number of halogens is 1. The third-order valence-electron chi connectivity index (χ3n) is 3.23. The Kier molecular flexibility index (Phi) is 3.21. The molecule has 0 amide bonds. The second-order valence-corrected chi connectivity index (χ2v) is 4.99. The van der Waals surface area contributed by atoms with Crippen LogP contribution in [0, 0.1) is 0 Å². The van der Waals surface area contributed by atoms with E-state index in [2.05, 4.69) is 19.9 Å². The number of hydrogen-bond acceptors (Lipinski definition) is 1. The van der Waals surface area contributed by atoms with Crippen LogP contribution >= 0.6 is 11.6 Å². The molecule has 0 heterocycles. The molecule has 0 unspecified atom stereocenters. The largest absolute Gasteiger partial charge is 0.294 e. The van der Waals surface area contributed by atoms with E-state index in [9.17, 15) is 4.79 Å². The third kappa shape index (κ3) is 2.34. The van der Waals surface area contributed by atoms with Crippen molar-refractivity contribution in [3.05, 3.63) is 51.6 Å². The predicted octanol–water partition coefficient (Wildman–Crippen LogP) is 4.67. The van der Waals surface area contributed by atoms with Crippen molar-refractivity contribution in [2.24, 2.45) is 0 Å². The second-order valence-electron chi connectivity index (χ2n) is 4.56. The first-order chi connectivity index (χ1) is 7.99. The average molecular weight is 247 g/mol. The van der Waals surface area contributed by atoms with Gasteiger partial charge < -0.3 is 0 Å². The van der Waals surface area contributed by atoms with Crippen molar-refractivity contribution < 1.29 is 4.79 Å². The van der Waals surface area contributed by atoms with E-state index in [0.717, 1.165) is 12.0 Å². The van der Waals surface area contributed by atoms with Crippen LogP contribution in [0.25, 0.3) is 5.57 Å². The van der Waals surface area contributed by atoms with Crippen molar-refractivity contribution in [3.63, 3.8) is 0 Å². The summed E-state index contributed by atoms with van der Waals surface area (Å²) in [5.74, 6) is 0.0607. The van der Waals surface area contributed by atoms with E-state index in [4.69, 9.17) is 11.6 Å². The van der Waals surface area contributed by atoms with Crippen molar-refractivity contribution >= 4 is 23.0 Å². The maximum absolute atomic E-state index is 11.6. The van der Waals surface area contributed by atoms with Gasteiger partial charge in [0.15, 0.2) is 5.78 Å². The van der Waals surface area contributed by atoms with Gasteiger partial charge >= 0.3 is 0 Å². The highest BCUT2D eigenvalue weighted by molar-refractivity contribution is 6.31. The van der Waals surface area contributed by atoms with Gasteiger partial charge in [-0.05, 0) is 50.5 Å². The molecule has 0 atom stereocenters. The first-order valence-corrected chi connectivity index (χ1v) is 6.04. The zero-order valence-corrected chi connectivity index (χ0v) is 11.1. The summed E-state index contributed by atoms with van der Waals surface area (Å²) < 4.78 is 0. The zero-order valence-electron chi connectivity index (χ0n) is 10.3. The number of ketones is 1. The molecule has 1 aliphatic carbocycles. The van der Waals surface area contributed by atoms with Crippen LogP contribution in [0.1, 0.15) is 43.1 Å². The summed E-state index contributed by atoms with van der Waals surface area (Å²) in [6.07, 6.45) is 3.08. The van der Waals surface area contributed by atoms with Crippen molar-refractivity contribution in [2.75, 3.05) is 0 Å². The lowest BCUT2D eigenvalue weighted by molar-refractivity contribution is 0.101. The number of carbonyl (C=O) groups is 1. The quantitative estimate of drug-likeness (QED) is 0.694. The molecule has 0 saturated heterocycles. The van der Waals surface area contributed by atoms with Gasteiger partial charge in [0.1, 0.15) is 0 Å². The fraction of sp³-hybridized carbons (Fsp3) is 0.267. The van der Waals surface area contributed by atoms with E-state index < -0.39 is 0 Å². The maximum Gasteiger partial charge on any atom is 0.160 e. The van der Waals surface area contributed by atoms with E-state index in [1.165, 1.54) is 16.7 Å². The topological polar surface area (TPSA) is 17.1 Å². The molecular weight excluding hydrogens is 232 g/mol. The number of allylic oxidation sites excluding steroid dienone is 4. The van der Waals surface area contributed by atoms with Crippen LogP contribution in [0.4, 0.5) is 0 Å². The van der Waals surface area contributed by atoms with Crippen LogP contribution in [-0.2, 0) is 0 Å². The van der Waals surface area contributed by atoms with Gasteiger partial charge in [-0.25, -0.2) is 0 Å². The Hall–Kier alpha value is -1.34. The smallest absolute Gasteiger partial charge is 0.160 e. The Morgan fingerprint density at radius 2 is 2.00 bits per heavy atom. The summed E-state index contributed by atoms with van der Waals surface area (Å²) >= 11 is 5.94. The highest BCUT2D eigenvalue weighted by atomic mass is 35.5. The molecule has 0 radical (unpaired) electrons. The molecule has 1 aromatic rings. The van der Waals surface area contributed by atoms with Crippen LogP contribution in [0.3, 0.4) is 0 Å². The van der Waals surface area contributed by atoms with Gasteiger partial charge in [0, 0.05) is 10.6 Å². The maximum atomic E-state index is 11.6. The minimum atomic E-state index is 0.0607. The van der Waals surface area contributed by atoms with Gasteiger partial charge in [-0.1, -0.05) is 34.9 Å². The number of rotatable bonds is 2. The van der Waals surface area contributed by atoms with Crippen LogP contribution in [0.2, 0.25) is 5.02 Å². The summed E-state index contributed by atoms with van der Waals surface area (Å²) in [4.78, 5) is 11.6. The SMILES string of the molecule is CC(=O)c1cc(Cl)ccc1C1=CC(C)=C(C)C1. The summed E-state index contributed by atoms with van der Waals surface area (Å²) in [5, 5.41) is 0.610. The molecular formula is C15H15ClO. The Morgan fingerprint density at radius 3 is 2.53 bits per heavy atom. The molecule has 0 bridgehead atoms. The third-order valence-corrected chi connectivity index (χ3v) is 3.46. The summed E-state index contributed by atoms with van der Waals surface area (Å²) in [6, 6.07) is 5.53. The van der Waals surface area contributed by atoms with Gasteiger partial charge in [-0.2, -0.15) is 0 Å². The molecule has 88 valence electrons. The standard InChI is InChI=1S/C15H15ClO/c1-9-6-12(7-10(9)2)14-5-4-13(16)8-15(14)11(3)17/h4-6,8H,7H2,1-3H3. The van der Waals surface area contributed by atoms with Crippen LogP contribution in [0.5, 0.6) is 0 Å². The second kappa shape index (κ2) is 4.50. The zero-order chi connectivity index (χ0) is 12.6. The predicted molar refractivity (Wildman–Crippen MR) is 72.4 cm³/mol. The summed E-state index contributed by atoms with van der Waals surface area (Å²) in [7, 11) is 0. The summed E-state index contributed by atoms with van der Waals surface area (Å²) in [6.45, 7) is 5.81. The fourth-order valence-electron chi connectivity index (χ4n) is 2.12. The average Bonchev–Trinajstić information content (AvgIpc) is 2.59. The molecule has 17 heavy (non-hydrogen) atoms. The van der Waals surface area contributed by atoms with Gasteiger partial charge in [-0.15, -0.1) is 0 Å². The molecule has 1 aromatic carbocycles. The van der Waals surface area contributed by atoms with Crippen molar-refractivity contribution in [1.29, 1.82) is 0 Å². The van der Waals surface area contributed by atoms with Gasteiger partial charge in [0.2, 0.25) is 0 Å². The molecule has 0 spiro atoms. The minimum absolute atomic E-state index is 0.0607. The first-order valence-electron chi connectivity index (χ1n) is 5.67. The monoisotopic (exact) mass is 246 g/mol. The minimum Gasteiger partial charge on any atom is -0.294 e. The lowest BCUT2D eigenvalue weighted by atomic mass is 9.96. The number of benzene rings is 1. The Bertz CT molecular complexity index is 550. The fourth-order valence-corrected chi connectivity index (χ4v) is 2.29. The van der Waals surface area contributed by atoms with E-state index in [1.54, 1.807) is 13.0 Å². The van der Waals surface area contributed by atoms with E-state index in [-0.39, 0.29) is 5.78 Å². The lowest BCUT2D eigenvalue weighted by Crippen LogP contribution is -1.98. The van der Waals surface area contributed by atoms with E-state index >= 15 is 0 Å².